The highest BCUT2D eigenvalue weighted by Gasteiger charge is 2.54. The number of benzene rings is 2. The van der Waals surface area contributed by atoms with Gasteiger partial charge in [0.15, 0.2) is 0 Å². The van der Waals surface area contributed by atoms with Crippen LogP contribution in [0.15, 0.2) is 73.1 Å². The van der Waals surface area contributed by atoms with E-state index in [0.717, 1.165) is 42.8 Å². The van der Waals surface area contributed by atoms with Crippen LogP contribution >= 0.6 is 0 Å². The molecule has 10 heteroatoms. The molecule has 0 unspecified atom stereocenters. The molecular weight excluding hydrogens is 559 g/mol. The van der Waals surface area contributed by atoms with Crippen molar-refractivity contribution in [1.29, 1.82) is 0 Å². The Hall–Kier alpha value is -4.05. The molecule has 2 saturated carbocycles. The highest BCUT2D eigenvalue weighted by Crippen LogP contribution is 2.56. The Kier molecular flexibility index (Phi) is 7.36. The topological polar surface area (TPSA) is 85.1 Å². The lowest BCUT2D eigenvalue weighted by Gasteiger charge is -2.57. The Morgan fingerprint density at radius 2 is 1.72 bits per heavy atom. The quantitative estimate of drug-likeness (QED) is 0.241. The van der Waals surface area contributed by atoms with Gasteiger partial charge in [0.25, 0.3) is 0 Å². The first-order chi connectivity index (χ1) is 20.4. The van der Waals surface area contributed by atoms with E-state index in [1.54, 1.807) is 67.2 Å². The molecule has 2 aliphatic carbocycles. The minimum absolute atomic E-state index is 0.0450. The Morgan fingerprint density at radius 3 is 2.42 bits per heavy atom. The summed E-state index contributed by atoms with van der Waals surface area (Å²) in [6.07, 6.45) is 2.88. The van der Waals surface area contributed by atoms with Gasteiger partial charge in [-0.15, -0.1) is 0 Å². The number of rotatable bonds is 9. The van der Waals surface area contributed by atoms with Crippen LogP contribution in [-0.4, -0.2) is 45.0 Å². The number of fused-ring (bicyclic) bond motifs is 1. The molecule has 4 aromatic rings. The van der Waals surface area contributed by atoms with E-state index in [4.69, 9.17) is 9.47 Å². The SMILES string of the molecule is CC(C)(O)COc1ccc2c(CC(=O)NC3CC4(C3)CC(Oc3ccc(-c5ccccc5C(F)(F)F)cc3)C4)cnn2c1. The maximum atomic E-state index is 13.4. The van der Waals surface area contributed by atoms with Crippen molar-refractivity contribution < 1.29 is 32.5 Å². The molecule has 7 nitrogen and oxygen atoms in total. The fourth-order valence-corrected chi connectivity index (χ4v) is 6.25. The molecule has 0 radical (unpaired) electrons. The summed E-state index contributed by atoms with van der Waals surface area (Å²) in [6.45, 7) is 3.50. The zero-order valence-electron chi connectivity index (χ0n) is 24.0. The van der Waals surface area contributed by atoms with Crippen LogP contribution in [0.2, 0.25) is 0 Å². The number of carbonyl (C=O) groups excluding carboxylic acids is 1. The van der Waals surface area contributed by atoms with Crippen molar-refractivity contribution in [2.24, 2.45) is 5.41 Å². The van der Waals surface area contributed by atoms with E-state index in [1.165, 1.54) is 12.1 Å². The standard InChI is InChI=1S/C33H34F3N3O4/c1-31(2,41)20-42-25-11-12-29-22(18-37-39(29)19-25)13-30(40)38-23-14-32(15-23)16-26(17-32)43-24-9-7-21(8-10-24)27-5-3-4-6-28(27)33(34,35)36/h3-12,18-19,23,26,41H,13-17,20H2,1-2H3,(H,38,40). The monoisotopic (exact) mass is 593 g/mol. The van der Waals surface area contributed by atoms with E-state index < -0.39 is 17.3 Å². The summed E-state index contributed by atoms with van der Waals surface area (Å²) in [5.41, 5.74) is 0.874. The number of alkyl halides is 3. The van der Waals surface area contributed by atoms with Crippen LogP contribution in [0, 0.1) is 5.41 Å². The summed E-state index contributed by atoms with van der Waals surface area (Å²) in [7, 11) is 0. The van der Waals surface area contributed by atoms with Crippen molar-refractivity contribution in [2.75, 3.05) is 6.61 Å². The number of amides is 1. The van der Waals surface area contributed by atoms with Crippen LogP contribution in [0.3, 0.4) is 0 Å². The molecule has 1 amide bonds. The first-order valence-electron chi connectivity index (χ1n) is 14.4. The molecule has 2 aliphatic rings. The second-order valence-electron chi connectivity index (χ2n) is 12.5. The minimum atomic E-state index is -4.42. The van der Waals surface area contributed by atoms with Gasteiger partial charge in [-0.3, -0.25) is 4.79 Å². The highest BCUT2D eigenvalue weighted by atomic mass is 19.4. The average Bonchev–Trinajstić information content (AvgIpc) is 3.30. The molecule has 43 heavy (non-hydrogen) atoms. The minimum Gasteiger partial charge on any atom is -0.490 e. The Labute approximate surface area is 247 Å². The van der Waals surface area contributed by atoms with Crippen LogP contribution < -0.4 is 14.8 Å². The van der Waals surface area contributed by atoms with Crippen LogP contribution in [-0.2, 0) is 17.4 Å². The predicted octanol–water partition coefficient (Wildman–Crippen LogP) is 6.22. The average molecular weight is 594 g/mol. The molecule has 1 spiro atoms. The highest BCUT2D eigenvalue weighted by molar-refractivity contribution is 5.81. The maximum Gasteiger partial charge on any atom is 0.417 e. The molecule has 2 aromatic heterocycles. The summed E-state index contributed by atoms with van der Waals surface area (Å²) in [4.78, 5) is 12.8. The van der Waals surface area contributed by atoms with Crippen molar-refractivity contribution >= 4 is 11.4 Å². The van der Waals surface area contributed by atoms with Crippen LogP contribution in [0.1, 0.15) is 50.7 Å². The molecular formula is C33H34F3N3O4. The molecule has 2 heterocycles. The summed E-state index contributed by atoms with van der Waals surface area (Å²) >= 11 is 0. The number of hydrogen-bond acceptors (Lipinski definition) is 5. The Bertz CT molecular complexity index is 1610. The van der Waals surface area contributed by atoms with Crippen molar-refractivity contribution in [3.63, 3.8) is 0 Å². The van der Waals surface area contributed by atoms with Gasteiger partial charge in [0.1, 0.15) is 18.1 Å². The van der Waals surface area contributed by atoms with Gasteiger partial charge in [-0.25, -0.2) is 4.52 Å². The van der Waals surface area contributed by atoms with Gasteiger partial charge in [-0.1, -0.05) is 30.3 Å². The number of halogens is 3. The van der Waals surface area contributed by atoms with Gasteiger partial charge in [0.05, 0.1) is 41.6 Å². The summed E-state index contributed by atoms with van der Waals surface area (Å²) < 4.78 is 53.6. The fraction of sp³-hybridized carbons (Fsp3) is 0.394. The molecule has 2 fully saturated rings. The third-order valence-electron chi connectivity index (χ3n) is 8.26. The third kappa shape index (κ3) is 6.49. The Morgan fingerprint density at radius 1 is 1.02 bits per heavy atom. The van der Waals surface area contributed by atoms with Gasteiger partial charge < -0.3 is 19.9 Å². The fourth-order valence-electron chi connectivity index (χ4n) is 6.25. The third-order valence-corrected chi connectivity index (χ3v) is 8.26. The largest absolute Gasteiger partial charge is 0.490 e. The van der Waals surface area contributed by atoms with Crippen molar-refractivity contribution in [3.05, 3.63) is 84.2 Å². The lowest BCUT2D eigenvalue weighted by atomic mass is 9.53. The molecule has 2 aromatic carbocycles. The molecule has 0 aliphatic heterocycles. The van der Waals surface area contributed by atoms with Gasteiger partial charge >= 0.3 is 6.18 Å². The molecule has 0 bridgehead atoms. The lowest BCUT2D eigenvalue weighted by molar-refractivity contribution is -0.137. The summed E-state index contributed by atoms with van der Waals surface area (Å²) in [6, 6.07) is 16.1. The Balaban J connectivity index is 0.957. The molecule has 2 N–H and O–H groups in total. The van der Waals surface area contributed by atoms with Gasteiger partial charge in [-0.05, 0) is 86.4 Å². The molecule has 226 valence electrons. The predicted molar refractivity (Wildman–Crippen MR) is 155 cm³/mol. The van der Waals surface area contributed by atoms with Gasteiger partial charge in [-0.2, -0.15) is 18.3 Å². The van der Waals surface area contributed by atoms with E-state index in [1.807, 2.05) is 6.07 Å². The first-order valence-corrected chi connectivity index (χ1v) is 14.4. The molecule has 0 atom stereocenters. The number of pyridine rings is 1. The summed E-state index contributed by atoms with van der Waals surface area (Å²) in [5, 5.41) is 17.4. The second-order valence-corrected chi connectivity index (χ2v) is 12.5. The van der Waals surface area contributed by atoms with Crippen LogP contribution in [0.5, 0.6) is 11.5 Å². The van der Waals surface area contributed by atoms with Crippen molar-refractivity contribution in [2.45, 2.75) is 69.9 Å². The van der Waals surface area contributed by atoms with Crippen LogP contribution in [0.4, 0.5) is 13.2 Å². The number of aliphatic hydroxyl groups is 1. The van der Waals surface area contributed by atoms with Gasteiger partial charge in [0, 0.05) is 11.6 Å². The number of ether oxygens (including phenoxy) is 2. The van der Waals surface area contributed by atoms with E-state index in [0.29, 0.717) is 17.1 Å². The van der Waals surface area contributed by atoms with Gasteiger partial charge in [0.2, 0.25) is 5.91 Å². The second kappa shape index (κ2) is 10.9. The van der Waals surface area contributed by atoms with E-state index >= 15 is 0 Å². The van der Waals surface area contributed by atoms with Crippen molar-refractivity contribution in [1.82, 2.24) is 14.9 Å². The van der Waals surface area contributed by atoms with Crippen molar-refractivity contribution in [3.8, 4) is 22.6 Å². The van der Waals surface area contributed by atoms with E-state index in [-0.39, 0.29) is 42.1 Å². The number of hydrogen-bond donors (Lipinski definition) is 2. The molecule has 6 rings (SSSR count). The summed E-state index contributed by atoms with van der Waals surface area (Å²) in [5.74, 6) is 1.18. The smallest absolute Gasteiger partial charge is 0.417 e. The number of nitrogens with zero attached hydrogens (tertiary/aromatic N) is 2. The zero-order chi connectivity index (χ0) is 30.4. The van der Waals surface area contributed by atoms with E-state index in [2.05, 4.69) is 10.4 Å². The number of nitrogens with one attached hydrogen (secondary N) is 1. The first kappa shape index (κ1) is 29.0. The number of aromatic nitrogens is 2. The zero-order valence-corrected chi connectivity index (χ0v) is 24.0. The number of carbonyl (C=O) groups is 1. The maximum absolute atomic E-state index is 13.4. The molecule has 0 saturated heterocycles. The van der Waals surface area contributed by atoms with Crippen LogP contribution in [0.25, 0.3) is 16.6 Å². The normalized spacial score (nSPS) is 21.7. The van der Waals surface area contributed by atoms with E-state index in [9.17, 15) is 23.1 Å². The lowest BCUT2D eigenvalue weighted by Crippen LogP contribution is -2.58.